The maximum Gasteiger partial charge on any atom is 0.138 e. The van der Waals surface area contributed by atoms with Crippen LogP contribution in [0.25, 0.3) is 0 Å². The molecule has 2 nitrogen and oxygen atoms in total. The van der Waals surface area contributed by atoms with Crippen molar-refractivity contribution >= 4 is 34.0 Å². The average molecular weight is 348 g/mol. The molecule has 2 rings (SSSR count). The summed E-state index contributed by atoms with van der Waals surface area (Å²) >= 11 is 1.97. The Balaban J connectivity index is 2.30. The van der Waals surface area contributed by atoms with Gasteiger partial charge in [0.05, 0.1) is 14.9 Å². The lowest BCUT2D eigenvalue weighted by molar-refractivity contribution is 0.611. The summed E-state index contributed by atoms with van der Waals surface area (Å²) in [5.74, 6) is 0.579. The SMILES string of the molecule is CC(C)N(CC1CC1)c1cc(F)c(I)cc1N. The minimum atomic E-state index is -0.184. The summed E-state index contributed by atoms with van der Waals surface area (Å²) in [6, 6.07) is 3.63. The van der Waals surface area contributed by atoms with Gasteiger partial charge in [-0.3, -0.25) is 0 Å². The molecule has 2 N–H and O–H groups in total. The second-order valence-electron chi connectivity index (χ2n) is 5.01. The number of benzene rings is 1. The van der Waals surface area contributed by atoms with Crippen LogP contribution in [0.1, 0.15) is 26.7 Å². The first kappa shape index (κ1) is 12.9. The number of anilines is 2. The number of nitrogens with zero attached hydrogens (tertiary/aromatic N) is 1. The van der Waals surface area contributed by atoms with E-state index in [1.165, 1.54) is 12.8 Å². The molecular weight excluding hydrogens is 330 g/mol. The molecule has 1 fully saturated rings. The number of nitrogens with two attached hydrogens (primary N) is 1. The van der Waals surface area contributed by atoms with Crippen LogP contribution in [0.5, 0.6) is 0 Å². The fourth-order valence-corrected chi connectivity index (χ4v) is 2.46. The van der Waals surface area contributed by atoms with Crippen LogP contribution in [-0.4, -0.2) is 12.6 Å². The quantitative estimate of drug-likeness (QED) is 0.665. The second kappa shape index (κ2) is 5.00. The van der Waals surface area contributed by atoms with Crippen LogP contribution < -0.4 is 10.6 Å². The van der Waals surface area contributed by atoms with Gasteiger partial charge in [0.15, 0.2) is 0 Å². The topological polar surface area (TPSA) is 29.3 Å². The van der Waals surface area contributed by atoms with Crippen LogP contribution in [-0.2, 0) is 0 Å². The molecule has 0 unspecified atom stereocenters. The van der Waals surface area contributed by atoms with Gasteiger partial charge in [0, 0.05) is 18.7 Å². The maximum absolute atomic E-state index is 13.6. The number of nitrogen functional groups attached to an aromatic ring is 1. The highest BCUT2D eigenvalue weighted by Gasteiger charge is 2.26. The van der Waals surface area contributed by atoms with E-state index in [1.54, 1.807) is 12.1 Å². The van der Waals surface area contributed by atoms with Crippen LogP contribution in [0.2, 0.25) is 0 Å². The van der Waals surface area contributed by atoms with Gasteiger partial charge in [0.25, 0.3) is 0 Å². The van der Waals surface area contributed by atoms with Gasteiger partial charge in [0.1, 0.15) is 5.82 Å². The number of halogens is 2. The zero-order valence-electron chi connectivity index (χ0n) is 10.2. The Morgan fingerprint density at radius 1 is 1.47 bits per heavy atom. The van der Waals surface area contributed by atoms with Gasteiger partial charge in [-0.1, -0.05) is 0 Å². The fourth-order valence-electron chi connectivity index (χ4n) is 1.97. The lowest BCUT2D eigenvalue weighted by atomic mass is 10.2. The first-order valence-electron chi connectivity index (χ1n) is 6.00. The highest BCUT2D eigenvalue weighted by Crippen LogP contribution is 2.35. The predicted molar refractivity (Wildman–Crippen MR) is 78.7 cm³/mol. The largest absolute Gasteiger partial charge is 0.397 e. The molecule has 0 bridgehead atoms. The maximum atomic E-state index is 13.6. The number of hydrogen-bond donors (Lipinski definition) is 1. The van der Waals surface area contributed by atoms with Crippen molar-refractivity contribution in [1.29, 1.82) is 0 Å². The molecule has 4 heteroatoms. The predicted octanol–water partition coefficient (Wildman–Crippen LogP) is 3.64. The monoisotopic (exact) mass is 348 g/mol. The van der Waals surface area contributed by atoms with E-state index in [1.807, 2.05) is 22.6 Å². The van der Waals surface area contributed by atoms with E-state index in [9.17, 15) is 4.39 Å². The Morgan fingerprint density at radius 2 is 2.12 bits per heavy atom. The highest BCUT2D eigenvalue weighted by atomic mass is 127. The second-order valence-corrected chi connectivity index (χ2v) is 6.18. The molecule has 0 aliphatic heterocycles. The van der Waals surface area contributed by atoms with Crippen molar-refractivity contribution in [1.82, 2.24) is 0 Å². The molecule has 1 aliphatic carbocycles. The van der Waals surface area contributed by atoms with Crippen LogP contribution >= 0.6 is 22.6 Å². The molecule has 1 saturated carbocycles. The first-order chi connectivity index (χ1) is 7.99. The molecule has 0 radical (unpaired) electrons. The van der Waals surface area contributed by atoms with E-state index in [0.29, 0.717) is 15.3 Å². The third kappa shape index (κ3) is 3.03. The summed E-state index contributed by atoms with van der Waals surface area (Å²) in [5.41, 5.74) is 7.52. The van der Waals surface area contributed by atoms with Crippen LogP contribution in [0.3, 0.4) is 0 Å². The lowest BCUT2D eigenvalue weighted by Crippen LogP contribution is -2.33. The van der Waals surface area contributed by atoms with E-state index in [0.717, 1.165) is 18.2 Å². The molecule has 0 saturated heterocycles. The Bertz CT molecular complexity index is 416. The Kier molecular flexibility index (Phi) is 3.80. The molecular formula is C13H18FIN2. The fraction of sp³-hybridized carbons (Fsp3) is 0.538. The minimum absolute atomic E-state index is 0.184. The summed E-state index contributed by atoms with van der Waals surface area (Å²) in [5, 5.41) is 0. The van der Waals surface area contributed by atoms with Crippen molar-refractivity contribution < 1.29 is 4.39 Å². The van der Waals surface area contributed by atoms with Crippen molar-refractivity contribution in [3.05, 3.63) is 21.5 Å². The zero-order valence-corrected chi connectivity index (χ0v) is 12.4. The van der Waals surface area contributed by atoms with Crippen molar-refractivity contribution in [3.63, 3.8) is 0 Å². The molecule has 0 aromatic heterocycles. The van der Waals surface area contributed by atoms with E-state index in [4.69, 9.17) is 5.73 Å². The first-order valence-corrected chi connectivity index (χ1v) is 7.08. The average Bonchev–Trinajstić information content (AvgIpc) is 3.04. The summed E-state index contributed by atoms with van der Waals surface area (Å²) in [6.45, 7) is 5.23. The molecule has 0 spiro atoms. The third-order valence-corrected chi connectivity index (χ3v) is 3.98. The van der Waals surface area contributed by atoms with Crippen molar-refractivity contribution in [2.24, 2.45) is 5.92 Å². The standard InChI is InChI=1S/C13H18FIN2/c1-8(2)17(7-9-3-4-9)13-5-10(14)11(15)6-12(13)16/h5-6,8-9H,3-4,7,16H2,1-2H3. The van der Waals surface area contributed by atoms with Crippen LogP contribution in [0.15, 0.2) is 12.1 Å². The van der Waals surface area contributed by atoms with Crippen LogP contribution in [0.4, 0.5) is 15.8 Å². The molecule has 1 aromatic carbocycles. The summed E-state index contributed by atoms with van der Waals surface area (Å²) < 4.78 is 14.2. The number of rotatable bonds is 4. The summed E-state index contributed by atoms with van der Waals surface area (Å²) in [4.78, 5) is 2.21. The zero-order chi connectivity index (χ0) is 12.6. The van der Waals surface area contributed by atoms with E-state index < -0.39 is 0 Å². The van der Waals surface area contributed by atoms with Crippen molar-refractivity contribution in [2.75, 3.05) is 17.2 Å². The van der Waals surface area contributed by atoms with Gasteiger partial charge in [-0.25, -0.2) is 4.39 Å². The van der Waals surface area contributed by atoms with Gasteiger partial charge in [-0.15, -0.1) is 0 Å². The molecule has 0 heterocycles. The number of hydrogen-bond acceptors (Lipinski definition) is 2. The minimum Gasteiger partial charge on any atom is -0.397 e. The van der Waals surface area contributed by atoms with Gasteiger partial charge >= 0.3 is 0 Å². The van der Waals surface area contributed by atoms with Gasteiger partial charge in [0.2, 0.25) is 0 Å². The third-order valence-electron chi connectivity index (χ3n) is 3.15. The Hall–Kier alpha value is -0.520. The van der Waals surface area contributed by atoms with E-state index >= 15 is 0 Å². The lowest BCUT2D eigenvalue weighted by Gasteiger charge is -2.30. The smallest absolute Gasteiger partial charge is 0.138 e. The molecule has 1 aromatic rings. The van der Waals surface area contributed by atoms with Crippen molar-refractivity contribution in [2.45, 2.75) is 32.7 Å². The van der Waals surface area contributed by atoms with Crippen LogP contribution in [0, 0.1) is 15.3 Å². The van der Waals surface area contributed by atoms with Gasteiger partial charge in [-0.2, -0.15) is 0 Å². The van der Waals surface area contributed by atoms with Crippen molar-refractivity contribution in [3.8, 4) is 0 Å². The summed E-state index contributed by atoms with van der Waals surface area (Å²) in [6.07, 6.45) is 2.58. The molecule has 1 aliphatic rings. The molecule has 17 heavy (non-hydrogen) atoms. The molecule has 94 valence electrons. The van der Waals surface area contributed by atoms with E-state index in [2.05, 4.69) is 18.7 Å². The van der Waals surface area contributed by atoms with E-state index in [-0.39, 0.29) is 5.82 Å². The van der Waals surface area contributed by atoms with Gasteiger partial charge < -0.3 is 10.6 Å². The van der Waals surface area contributed by atoms with Gasteiger partial charge in [-0.05, 0) is 61.3 Å². The normalized spacial score (nSPS) is 15.4. The summed E-state index contributed by atoms with van der Waals surface area (Å²) in [7, 11) is 0. The molecule has 0 amide bonds. The molecule has 0 atom stereocenters. The Labute approximate surface area is 116 Å². The highest BCUT2D eigenvalue weighted by molar-refractivity contribution is 14.1. The Morgan fingerprint density at radius 3 is 2.65 bits per heavy atom.